The molecule has 3 unspecified atom stereocenters. The van der Waals surface area contributed by atoms with Gasteiger partial charge in [-0.1, -0.05) is 6.92 Å². The Hall–Kier alpha value is -0.570. The van der Waals surface area contributed by atoms with Crippen molar-refractivity contribution in [1.29, 1.82) is 0 Å². The molecule has 1 fully saturated rings. The minimum Gasteiger partial charge on any atom is -0.345 e. The molecule has 1 heterocycles. The van der Waals surface area contributed by atoms with E-state index in [9.17, 15) is 4.79 Å². The van der Waals surface area contributed by atoms with E-state index in [1.54, 1.807) is 4.90 Å². The number of nitrogens with one attached hydrogen (secondary N) is 1. The van der Waals surface area contributed by atoms with Gasteiger partial charge < -0.3 is 10.2 Å². The lowest BCUT2D eigenvalue weighted by atomic mass is 9.89. The van der Waals surface area contributed by atoms with Crippen LogP contribution in [0.3, 0.4) is 0 Å². The smallest absolute Gasteiger partial charge is 0.239 e. The first-order valence-electron chi connectivity index (χ1n) is 5.55. The van der Waals surface area contributed by atoms with Gasteiger partial charge in [-0.15, -0.1) is 0 Å². The summed E-state index contributed by atoms with van der Waals surface area (Å²) in [5.74, 6) is 0.899. The first kappa shape index (κ1) is 11.5. The van der Waals surface area contributed by atoms with Crippen LogP contribution in [-0.2, 0) is 4.79 Å². The highest BCUT2D eigenvalue weighted by atomic mass is 16.2. The lowest BCUT2D eigenvalue weighted by Crippen LogP contribution is -2.52. The molecule has 0 bridgehead atoms. The summed E-state index contributed by atoms with van der Waals surface area (Å²) >= 11 is 0. The molecule has 1 rings (SSSR count). The van der Waals surface area contributed by atoms with E-state index in [4.69, 9.17) is 0 Å². The highest BCUT2D eigenvalue weighted by molar-refractivity contribution is 5.81. The summed E-state index contributed by atoms with van der Waals surface area (Å²) < 4.78 is 0. The Bertz CT molecular complexity index is 195. The average Bonchev–Trinajstić information content (AvgIpc) is 2.14. The standard InChI is InChI=1S/C11H22N2O/c1-5-13(4)11(14)10-7-8(2)6-9(3)12-10/h8-10,12H,5-7H2,1-4H3. The van der Waals surface area contributed by atoms with Gasteiger partial charge in [0, 0.05) is 19.6 Å². The molecule has 3 nitrogen and oxygen atoms in total. The molecule has 1 aliphatic heterocycles. The zero-order valence-electron chi connectivity index (χ0n) is 9.71. The maximum Gasteiger partial charge on any atom is 0.239 e. The molecule has 0 saturated carbocycles. The number of rotatable bonds is 2. The van der Waals surface area contributed by atoms with Crippen molar-refractivity contribution in [2.45, 2.75) is 45.7 Å². The van der Waals surface area contributed by atoms with E-state index in [1.165, 1.54) is 6.42 Å². The van der Waals surface area contributed by atoms with E-state index in [0.717, 1.165) is 13.0 Å². The van der Waals surface area contributed by atoms with E-state index < -0.39 is 0 Å². The van der Waals surface area contributed by atoms with Crippen molar-refractivity contribution in [3.63, 3.8) is 0 Å². The van der Waals surface area contributed by atoms with Gasteiger partial charge in [0.25, 0.3) is 0 Å². The maximum absolute atomic E-state index is 11.9. The Balaban J connectivity index is 2.54. The lowest BCUT2D eigenvalue weighted by molar-refractivity contribution is -0.133. The molecule has 3 atom stereocenters. The van der Waals surface area contributed by atoms with E-state index in [0.29, 0.717) is 12.0 Å². The second-order valence-electron chi connectivity index (χ2n) is 4.55. The second-order valence-corrected chi connectivity index (χ2v) is 4.55. The molecule has 0 aliphatic carbocycles. The van der Waals surface area contributed by atoms with Gasteiger partial charge in [0.15, 0.2) is 0 Å². The predicted molar refractivity (Wildman–Crippen MR) is 58.1 cm³/mol. The van der Waals surface area contributed by atoms with Gasteiger partial charge in [0.1, 0.15) is 0 Å². The van der Waals surface area contributed by atoms with Crippen molar-refractivity contribution < 1.29 is 4.79 Å². The summed E-state index contributed by atoms with van der Waals surface area (Å²) in [5.41, 5.74) is 0. The largest absolute Gasteiger partial charge is 0.345 e. The van der Waals surface area contributed by atoms with Gasteiger partial charge in [-0.05, 0) is 32.6 Å². The van der Waals surface area contributed by atoms with Crippen LogP contribution in [0.5, 0.6) is 0 Å². The highest BCUT2D eigenvalue weighted by Gasteiger charge is 2.29. The van der Waals surface area contributed by atoms with Crippen molar-refractivity contribution in [3.8, 4) is 0 Å². The van der Waals surface area contributed by atoms with Crippen LogP contribution in [0.4, 0.5) is 0 Å². The molecular formula is C11H22N2O. The highest BCUT2D eigenvalue weighted by Crippen LogP contribution is 2.20. The Morgan fingerprint density at radius 3 is 2.57 bits per heavy atom. The van der Waals surface area contributed by atoms with Crippen LogP contribution >= 0.6 is 0 Å². The van der Waals surface area contributed by atoms with Gasteiger partial charge in [-0.3, -0.25) is 4.79 Å². The summed E-state index contributed by atoms with van der Waals surface area (Å²) in [6.07, 6.45) is 2.16. The number of hydrogen-bond donors (Lipinski definition) is 1. The summed E-state index contributed by atoms with van der Waals surface area (Å²) in [5, 5.41) is 3.37. The molecule has 0 aromatic carbocycles. The van der Waals surface area contributed by atoms with Gasteiger partial charge >= 0.3 is 0 Å². The molecule has 1 saturated heterocycles. The zero-order valence-corrected chi connectivity index (χ0v) is 9.71. The topological polar surface area (TPSA) is 32.3 Å². The van der Waals surface area contributed by atoms with Crippen molar-refractivity contribution in [3.05, 3.63) is 0 Å². The van der Waals surface area contributed by atoms with Gasteiger partial charge in [-0.2, -0.15) is 0 Å². The third-order valence-electron chi connectivity index (χ3n) is 3.03. The molecule has 1 amide bonds. The van der Waals surface area contributed by atoms with Gasteiger partial charge in [0.05, 0.1) is 6.04 Å². The fourth-order valence-corrected chi connectivity index (χ4v) is 2.18. The van der Waals surface area contributed by atoms with E-state index in [-0.39, 0.29) is 11.9 Å². The third-order valence-corrected chi connectivity index (χ3v) is 3.03. The number of carbonyl (C=O) groups excluding carboxylic acids is 1. The quantitative estimate of drug-likeness (QED) is 0.724. The number of nitrogens with zero attached hydrogens (tertiary/aromatic N) is 1. The predicted octanol–water partition coefficient (Wildman–Crippen LogP) is 1.24. The number of carbonyl (C=O) groups is 1. The zero-order chi connectivity index (χ0) is 10.7. The van der Waals surface area contributed by atoms with Gasteiger partial charge in [-0.25, -0.2) is 0 Å². The van der Waals surface area contributed by atoms with Crippen LogP contribution < -0.4 is 5.32 Å². The van der Waals surface area contributed by atoms with Crippen LogP contribution in [0, 0.1) is 5.92 Å². The molecule has 1 N–H and O–H groups in total. The van der Waals surface area contributed by atoms with Crippen LogP contribution in [0.15, 0.2) is 0 Å². The van der Waals surface area contributed by atoms with Crippen molar-refractivity contribution in [1.82, 2.24) is 10.2 Å². The molecule has 0 aromatic rings. The van der Waals surface area contributed by atoms with Crippen LogP contribution in [-0.4, -0.2) is 36.5 Å². The van der Waals surface area contributed by atoms with Crippen LogP contribution in [0.1, 0.15) is 33.6 Å². The monoisotopic (exact) mass is 198 g/mol. The molecule has 14 heavy (non-hydrogen) atoms. The minimum absolute atomic E-state index is 0.0405. The van der Waals surface area contributed by atoms with Crippen molar-refractivity contribution in [2.75, 3.05) is 13.6 Å². The SMILES string of the molecule is CCN(C)C(=O)C1CC(C)CC(C)N1. The van der Waals surface area contributed by atoms with E-state index in [2.05, 4.69) is 19.2 Å². The first-order valence-corrected chi connectivity index (χ1v) is 5.55. The molecule has 1 aliphatic rings. The molecule has 3 heteroatoms. The van der Waals surface area contributed by atoms with Crippen molar-refractivity contribution in [2.24, 2.45) is 5.92 Å². The Morgan fingerprint density at radius 2 is 2.07 bits per heavy atom. The molecule has 82 valence electrons. The fourth-order valence-electron chi connectivity index (χ4n) is 2.18. The van der Waals surface area contributed by atoms with Crippen LogP contribution in [0.2, 0.25) is 0 Å². The summed E-state index contributed by atoms with van der Waals surface area (Å²) in [4.78, 5) is 13.7. The Kier molecular flexibility index (Phi) is 3.93. The molecule has 0 aromatic heterocycles. The summed E-state index contributed by atoms with van der Waals surface area (Å²) in [6.45, 7) is 7.18. The van der Waals surface area contributed by atoms with E-state index in [1.807, 2.05) is 14.0 Å². The maximum atomic E-state index is 11.9. The number of hydrogen-bond acceptors (Lipinski definition) is 2. The number of likely N-dealkylation sites (N-methyl/N-ethyl adjacent to an activating group) is 1. The Morgan fingerprint density at radius 1 is 1.43 bits per heavy atom. The normalized spacial score (nSPS) is 32.7. The third kappa shape index (κ3) is 2.71. The number of piperidine rings is 1. The molecule has 0 radical (unpaired) electrons. The van der Waals surface area contributed by atoms with Crippen molar-refractivity contribution >= 4 is 5.91 Å². The minimum atomic E-state index is 0.0405. The van der Waals surface area contributed by atoms with E-state index >= 15 is 0 Å². The molecular weight excluding hydrogens is 176 g/mol. The lowest BCUT2D eigenvalue weighted by Gasteiger charge is -2.34. The average molecular weight is 198 g/mol. The summed E-state index contributed by atoms with van der Waals surface area (Å²) in [7, 11) is 1.87. The second kappa shape index (κ2) is 4.78. The molecule has 0 spiro atoms. The van der Waals surface area contributed by atoms with Gasteiger partial charge in [0.2, 0.25) is 5.91 Å². The fraction of sp³-hybridized carbons (Fsp3) is 0.909. The summed E-state index contributed by atoms with van der Waals surface area (Å²) in [6, 6.07) is 0.511. The Labute approximate surface area is 86.9 Å². The van der Waals surface area contributed by atoms with Crippen LogP contribution in [0.25, 0.3) is 0 Å². The first-order chi connectivity index (χ1) is 6.54. The number of amides is 1.